The summed E-state index contributed by atoms with van der Waals surface area (Å²) in [6, 6.07) is 14.3. The zero-order valence-electron chi connectivity index (χ0n) is 20.5. The van der Waals surface area contributed by atoms with Crippen LogP contribution < -0.4 is 20.3 Å². The second-order valence-electron chi connectivity index (χ2n) is 8.19. The topological polar surface area (TPSA) is 100 Å². The van der Waals surface area contributed by atoms with E-state index in [1.54, 1.807) is 25.0 Å². The average molecular weight is 476 g/mol. The number of fused-ring (bicyclic) bond motifs is 1. The maximum Gasteiger partial charge on any atom is 0.295 e. The van der Waals surface area contributed by atoms with Crippen LogP contribution in [-0.4, -0.2) is 39.7 Å². The Labute approximate surface area is 203 Å². The molecule has 1 unspecified atom stereocenters. The molecule has 0 fully saturated rings. The molecule has 0 spiro atoms. The third-order valence-corrected chi connectivity index (χ3v) is 6.07. The summed E-state index contributed by atoms with van der Waals surface area (Å²) >= 11 is 0. The normalized spacial score (nSPS) is 11.9. The van der Waals surface area contributed by atoms with Crippen LogP contribution in [0.5, 0.6) is 11.5 Å². The molecule has 0 aliphatic rings. The Balaban J connectivity index is 1.68. The molecule has 4 aromatic rings. The summed E-state index contributed by atoms with van der Waals surface area (Å²) in [6.45, 7) is 5.80. The number of aryl methyl sites for hydroxylation is 2. The van der Waals surface area contributed by atoms with Crippen molar-refractivity contribution >= 4 is 16.8 Å². The molecule has 0 bridgehead atoms. The van der Waals surface area contributed by atoms with E-state index in [1.807, 2.05) is 63.2 Å². The van der Waals surface area contributed by atoms with Crippen molar-refractivity contribution in [2.45, 2.75) is 39.8 Å². The molecule has 0 saturated carbocycles. The number of carbonyl (C=O) groups is 1. The number of nitrogens with one attached hydrogen (secondary N) is 1. The summed E-state index contributed by atoms with van der Waals surface area (Å²) in [4.78, 5) is 26.6. The van der Waals surface area contributed by atoms with E-state index in [0.29, 0.717) is 34.5 Å². The number of carbonyl (C=O) groups excluding carboxylic acids is 1. The SMILES string of the molecule is CCC(C(=O)NCc1cccc(OC)c1OC)n1nc(C)c2c(C)n(-c3ccccc3)nc2c1=O. The third-order valence-electron chi connectivity index (χ3n) is 6.07. The lowest BCUT2D eigenvalue weighted by Crippen LogP contribution is -2.38. The first-order valence-corrected chi connectivity index (χ1v) is 11.4. The van der Waals surface area contributed by atoms with Crippen molar-refractivity contribution in [1.82, 2.24) is 24.9 Å². The Bertz CT molecular complexity index is 1430. The molecule has 4 rings (SSSR count). The van der Waals surface area contributed by atoms with Crippen molar-refractivity contribution in [3.05, 3.63) is 75.8 Å². The second-order valence-corrected chi connectivity index (χ2v) is 8.19. The molecular formula is C26H29N5O4. The highest BCUT2D eigenvalue weighted by molar-refractivity contribution is 5.84. The number of rotatable bonds is 8. The lowest BCUT2D eigenvalue weighted by molar-refractivity contribution is -0.125. The predicted octanol–water partition coefficient (Wildman–Crippen LogP) is 3.48. The quantitative estimate of drug-likeness (QED) is 0.419. The van der Waals surface area contributed by atoms with Gasteiger partial charge in [0.25, 0.3) is 5.56 Å². The van der Waals surface area contributed by atoms with Crippen LogP contribution in [0.3, 0.4) is 0 Å². The molecule has 0 radical (unpaired) electrons. The Hall–Kier alpha value is -4.14. The smallest absolute Gasteiger partial charge is 0.295 e. The molecule has 182 valence electrons. The van der Waals surface area contributed by atoms with Gasteiger partial charge in [0, 0.05) is 12.1 Å². The van der Waals surface area contributed by atoms with Crippen molar-refractivity contribution in [3.63, 3.8) is 0 Å². The summed E-state index contributed by atoms with van der Waals surface area (Å²) in [5.41, 5.74) is 2.97. The standard InChI is InChI=1S/C26H29N5O4/c1-6-20(25(32)27-15-18-11-10-14-21(34-4)24(18)35-5)31-26(33)23-22(16(2)28-31)17(3)30(29-23)19-12-8-7-9-13-19/h7-14,20H,6,15H2,1-5H3,(H,27,32). The Kier molecular flexibility index (Phi) is 6.86. The number of amides is 1. The van der Waals surface area contributed by atoms with Crippen molar-refractivity contribution in [2.75, 3.05) is 14.2 Å². The van der Waals surface area contributed by atoms with Crippen molar-refractivity contribution in [2.24, 2.45) is 0 Å². The van der Waals surface area contributed by atoms with Crippen LogP contribution in [0, 0.1) is 13.8 Å². The first-order valence-electron chi connectivity index (χ1n) is 11.4. The van der Waals surface area contributed by atoms with Gasteiger partial charge >= 0.3 is 0 Å². The highest BCUT2D eigenvalue weighted by atomic mass is 16.5. The minimum atomic E-state index is -0.788. The fraction of sp³-hybridized carbons (Fsp3) is 0.308. The molecule has 2 heterocycles. The molecule has 9 nitrogen and oxygen atoms in total. The number of para-hydroxylation sites is 2. The number of ether oxygens (including phenoxy) is 2. The van der Waals surface area contributed by atoms with E-state index >= 15 is 0 Å². The Morgan fingerprint density at radius 1 is 1.03 bits per heavy atom. The Morgan fingerprint density at radius 3 is 2.43 bits per heavy atom. The lowest BCUT2D eigenvalue weighted by Gasteiger charge is -2.18. The fourth-order valence-corrected chi connectivity index (χ4v) is 4.34. The molecule has 35 heavy (non-hydrogen) atoms. The molecule has 1 amide bonds. The minimum Gasteiger partial charge on any atom is -0.493 e. The van der Waals surface area contributed by atoms with Crippen LogP contribution >= 0.6 is 0 Å². The van der Waals surface area contributed by atoms with Gasteiger partial charge in [0.2, 0.25) is 5.91 Å². The summed E-state index contributed by atoms with van der Waals surface area (Å²) < 4.78 is 13.8. The average Bonchev–Trinajstić information content (AvgIpc) is 3.24. The number of nitrogens with zero attached hydrogens (tertiary/aromatic N) is 4. The summed E-state index contributed by atoms with van der Waals surface area (Å²) in [5, 5.41) is 12.7. The zero-order valence-corrected chi connectivity index (χ0v) is 20.5. The van der Waals surface area contributed by atoms with E-state index in [2.05, 4.69) is 15.5 Å². The zero-order chi connectivity index (χ0) is 25.1. The fourth-order valence-electron chi connectivity index (χ4n) is 4.34. The van der Waals surface area contributed by atoms with E-state index in [1.165, 1.54) is 4.68 Å². The molecule has 1 N–H and O–H groups in total. The summed E-state index contributed by atoms with van der Waals surface area (Å²) in [7, 11) is 3.11. The lowest BCUT2D eigenvalue weighted by atomic mass is 10.1. The number of aromatic nitrogens is 4. The van der Waals surface area contributed by atoms with Gasteiger partial charge in [-0.05, 0) is 38.5 Å². The van der Waals surface area contributed by atoms with E-state index in [0.717, 1.165) is 16.9 Å². The maximum atomic E-state index is 13.4. The van der Waals surface area contributed by atoms with Gasteiger partial charge < -0.3 is 14.8 Å². The summed E-state index contributed by atoms with van der Waals surface area (Å²) in [6.07, 6.45) is 0.386. The van der Waals surface area contributed by atoms with Gasteiger partial charge in [-0.1, -0.05) is 37.3 Å². The van der Waals surface area contributed by atoms with Gasteiger partial charge in [-0.3, -0.25) is 9.59 Å². The number of hydrogen-bond donors (Lipinski definition) is 1. The first kappa shape index (κ1) is 24.0. The predicted molar refractivity (Wildman–Crippen MR) is 133 cm³/mol. The van der Waals surface area contributed by atoms with Crippen molar-refractivity contribution < 1.29 is 14.3 Å². The van der Waals surface area contributed by atoms with E-state index in [9.17, 15) is 9.59 Å². The van der Waals surface area contributed by atoms with Gasteiger partial charge in [0.1, 0.15) is 6.04 Å². The van der Waals surface area contributed by atoms with Crippen molar-refractivity contribution in [1.29, 1.82) is 0 Å². The maximum absolute atomic E-state index is 13.4. The summed E-state index contributed by atoms with van der Waals surface area (Å²) in [5.74, 6) is 0.817. The van der Waals surface area contributed by atoms with Gasteiger partial charge in [0.15, 0.2) is 17.0 Å². The molecular weight excluding hydrogens is 446 g/mol. The van der Waals surface area contributed by atoms with Crippen LogP contribution in [0.15, 0.2) is 53.3 Å². The van der Waals surface area contributed by atoms with Crippen molar-refractivity contribution in [3.8, 4) is 17.2 Å². The minimum absolute atomic E-state index is 0.216. The number of hydrogen-bond acceptors (Lipinski definition) is 6. The molecule has 0 aliphatic carbocycles. The van der Waals surface area contributed by atoms with Gasteiger partial charge in [-0.25, -0.2) is 9.36 Å². The second kappa shape index (κ2) is 10.0. The highest BCUT2D eigenvalue weighted by Gasteiger charge is 2.25. The van der Waals surface area contributed by atoms with Gasteiger partial charge in [-0.2, -0.15) is 10.2 Å². The molecule has 9 heteroatoms. The van der Waals surface area contributed by atoms with Crippen LogP contribution in [-0.2, 0) is 11.3 Å². The number of methoxy groups -OCH3 is 2. The highest BCUT2D eigenvalue weighted by Crippen LogP contribution is 2.30. The Morgan fingerprint density at radius 2 is 1.77 bits per heavy atom. The largest absolute Gasteiger partial charge is 0.493 e. The van der Waals surface area contributed by atoms with E-state index < -0.39 is 11.6 Å². The molecule has 0 saturated heterocycles. The molecule has 0 aliphatic heterocycles. The molecule has 1 atom stereocenters. The molecule has 2 aromatic carbocycles. The number of benzene rings is 2. The van der Waals surface area contributed by atoms with E-state index in [-0.39, 0.29) is 12.5 Å². The van der Waals surface area contributed by atoms with Crippen LogP contribution in [0.1, 0.15) is 36.3 Å². The monoisotopic (exact) mass is 475 g/mol. The first-order chi connectivity index (χ1) is 16.9. The van der Waals surface area contributed by atoms with Crippen LogP contribution in [0.25, 0.3) is 16.6 Å². The van der Waals surface area contributed by atoms with Crippen LogP contribution in [0.4, 0.5) is 0 Å². The van der Waals surface area contributed by atoms with Crippen LogP contribution in [0.2, 0.25) is 0 Å². The van der Waals surface area contributed by atoms with E-state index in [4.69, 9.17) is 9.47 Å². The van der Waals surface area contributed by atoms with Gasteiger partial charge in [-0.15, -0.1) is 0 Å². The third kappa shape index (κ3) is 4.37. The van der Waals surface area contributed by atoms with Gasteiger partial charge in [0.05, 0.1) is 36.7 Å². The molecule has 2 aromatic heterocycles.